The van der Waals surface area contributed by atoms with Gasteiger partial charge in [-0.15, -0.1) is 0 Å². The Morgan fingerprint density at radius 1 is 1.44 bits per heavy atom. The Hall–Kier alpha value is -1.77. The lowest BCUT2D eigenvalue weighted by molar-refractivity contribution is -0.127. The van der Waals surface area contributed by atoms with Gasteiger partial charge in [0, 0.05) is 6.54 Å². The Morgan fingerprint density at radius 2 is 2.06 bits per heavy atom. The second-order valence-corrected chi connectivity index (χ2v) is 3.75. The van der Waals surface area contributed by atoms with E-state index in [1.165, 1.54) is 0 Å². The van der Waals surface area contributed by atoms with Crippen LogP contribution in [0.4, 0.5) is 0 Å². The third-order valence-electron chi connectivity index (χ3n) is 1.99. The summed E-state index contributed by atoms with van der Waals surface area (Å²) in [5.41, 5.74) is 0.917. The van der Waals surface area contributed by atoms with Gasteiger partial charge < -0.3 is 10.1 Å². The van der Waals surface area contributed by atoms with E-state index in [1.54, 1.807) is 6.92 Å². The number of rotatable bonds is 5. The summed E-state index contributed by atoms with van der Waals surface area (Å²) in [7, 11) is 0. The number of para-hydroxylation sites is 1. The monoisotopic (exact) mass is 219 g/mol. The first-order valence-corrected chi connectivity index (χ1v) is 5.23. The lowest BCUT2D eigenvalue weighted by Crippen LogP contribution is -2.37. The number of nitrogens with one attached hydrogen (secondary N) is 1. The van der Waals surface area contributed by atoms with E-state index in [0.717, 1.165) is 5.57 Å². The number of amides is 1. The second kappa shape index (κ2) is 5.95. The largest absolute Gasteiger partial charge is 0.481 e. The van der Waals surface area contributed by atoms with Gasteiger partial charge in [0.1, 0.15) is 5.75 Å². The Labute approximate surface area is 96.1 Å². The molecule has 1 rings (SSSR count). The molecule has 0 aromatic heterocycles. The molecule has 1 amide bonds. The molecule has 0 aliphatic rings. The lowest BCUT2D eigenvalue weighted by Gasteiger charge is -2.14. The minimum Gasteiger partial charge on any atom is -0.481 e. The summed E-state index contributed by atoms with van der Waals surface area (Å²) < 4.78 is 5.47. The molecule has 0 fully saturated rings. The maximum atomic E-state index is 11.6. The maximum Gasteiger partial charge on any atom is 0.261 e. The predicted molar refractivity (Wildman–Crippen MR) is 64.4 cm³/mol. The zero-order chi connectivity index (χ0) is 12.0. The average Bonchev–Trinajstić information content (AvgIpc) is 2.27. The fourth-order valence-corrected chi connectivity index (χ4v) is 1.14. The van der Waals surface area contributed by atoms with Gasteiger partial charge in [-0.1, -0.05) is 30.4 Å². The number of carbonyl (C=O) groups excluding carboxylic acids is 1. The standard InChI is InChI=1S/C13H17NO2/c1-10(2)9-14-13(15)11(3)16-12-7-5-4-6-8-12/h4-8,11H,1,9H2,2-3H3,(H,14,15). The van der Waals surface area contributed by atoms with Crippen molar-refractivity contribution in [2.24, 2.45) is 0 Å². The summed E-state index contributed by atoms with van der Waals surface area (Å²) in [6.45, 7) is 7.79. The van der Waals surface area contributed by atoms with Crippen LogP contribution in [0.2, 0.25) is 0 Å². The van der Waals surface area contributed by atoms with Crippen molar-refractivity contribution in [3.63, 3.8) is 0 Å². The number of ether oxygens (including phenoxy) is 1. The highest BCUT2D eigenvalue weighted by atomic mass is 16.5. The molecular weight excluding hydrogens is 202 g/mol. The Morgan fingerprint density at radius 3 is 2.62 bits per heavy atom. The van der Waals surface area contributed by atoms with Crippen molar-refractivity contribution in [1.29, 1.82) is 0 Å². The lowest BCUT2D eigenvalue weighted by atomic mass is 10.3. The Kier molecular flexibility index (Phi) is 4.58. The van der Waals surface area contributed by atoms with Gasteiger partial charge in [0.2, 0.25) is 0 Å². The van der Waals surface area contributed by atoms with Crippen molar-refractivity contribution >= 4 is 5.91 Å². The molecule has 0 saturated carbocycles. The average molecular weight is 219 g/mol. The van der Waals surface area contributed by atoms with Crippen molar-refractivity contribution in [1.82, 2.24) is 5.32 Å². The van der Waals surface area contributed by atoms with E-state index in [0.29, 0.717) is 12.3 Å². The molecule has 1 atom stereocenters. The molecule has 1 unspecified atom stereocenters. The fourth-order valence-electron chi connectivity index (χ4n) is 1.14. The predicted octanol–water partition coefficient (Wildman–Crippen LogP) is 2.15. The summed E-state index contributed by atoms with van der Waals surface area (Å²) in [5, 5.41) is 2.74. The third kappa shape index (κ3) is 4.17. The minimum atomic E-state index is -0.498. The van der Waals surface area contributed by atoms with Gasteiger partial charge in [0.15, 0.2) is 6.10 Å². The quantitative estimate of drug-likeness (QED) is 0.770. The number of hydrogen-bond acceptors (Lipinski definition) is 2. The van der Waals surface area contributed by atoms with Crippen molar-refractivity contribution < 1.29 is 9.53 Å². The molecule has 0 aliphatic heterocycles. The maximum absolute atomic E-state index is 11.6. The molecule has 0 spiro atoms. The molecule has 86 valence electrons. The zero-order valence-electron chi connectivity index (χ0n) is 9.69. The molecule has 3 heteroatoms. The highest BCUT2D eigenvalue weighted by molar-refractivity contribution is 5.80. The van der Waals surface area contributed by atoms with Crippen LogP contribution >= 0.6 is 0 Å². The minimum absolute atomic E-state index is 0.133. The summed E-state index contributed by atoms with van der Waals surface area (Å²) >= 11 is 0. The first-order chi connectivity index (χ1) is 7.59. The van der Waals surface area contributed by atoms with E-state index in [4.69, 9.17) is 4.74 Å². The SMILES string of the molecule is C=C(C)CNC(=O)C(C)Oc1ccccc1. The van der Waals surface area contributed by atoms with Crippen molar-refractivity contribution in [2.75, 3.05) is 6.54 Å². The number of carbonyl (C=O) groups is 1. The van der Waals surface area contributed by atoms with Gasteiger partial charge >= 0.3 is 0 Å². The van der Waals surface area contributed by atoms with E-state index in [2.05, 4.69) is 11.9 Å². The van der Waals surface area contributed by atoms with Crippen molar-refractivity contribution in [3.8, 4) is 5.75 Å². The van der Waals surface area contributed by atoms with Crippen LogP contribution in [0.1, 0.15) is 13.8 Å². The summed E-state index contributed by atoms with van der Waals surface area (Å²) in [4.78, 5) is 11.6. The summed E-state index contributed by atoms with van der Waals surface area (Å²) in [6, 6.07) is 9.28. The van der Waals surface area contributed by atoms with Crippen molar-refractivity contribution in [2.45, 2.75) is 20.0 Å². The summed E-state index contributed by atoms with van der Waals surface area (Å²) in [5.74, 6) is 0.562. The first kappa shape index (κ1) is 12.3. The highest BCUT2D eigenvalue weighted by Crippen LogP contribution is 2.10. The normalized spacial score (nSPS) is 11.6. The van der Waals surface area contributed by atoms with Gasteiger partial charge in [-0.2, -0.15) is 0 Å². The van der Waals surface area contributed by atoms with E-state index >= 15 is 0 Å². The topological polar surface area (TPSA) is 38.3 Å². The van der Waals surface area contributed by atoms with Crippen LogP contribution in [0.15, 0.2) is 42.5 Å². The van der Waals surface area contributed by atoms with E-state index in [-0.39, 0.29) is 5.91 Å². The van der Waals surface area contributed by atoms with Gasteiger partial charge in [0.05, 0.1) is 0 Å². The molecule has 3 nitrogen and oxygen atoms in total. The second-order valence-electron chi connectivity index (χ2n) is 3.75. The zero-order valence-corrected chi connectivity index (χ0v) is 9.69. The van der Waals surface area contributed by atoms with Crippen LogP contribution in [0, 0.1) is 0 Å². The molecule has 16 heavy (non-hydrogen) atoms. The van der Waals surface area contributed by atoms with Crippen LogP contribution in [0.3, 0.4) is 0 Å². The fraction of sp³-hybridized carbons (Fsp3) is 0.308. The number of hydrogen-bond donors (Lipinski definition) is 1. The van der Waals surface area contributed by atoms with Gasteiger partial charge in [-0.3, -0.25) is 4.79 Å². The van der Waals surface area contributed by atoms with Crippen LogP contribution in [0.5, 0.6) is 5.75 Å². The molecular formula is C13H17NO2. The molecule has 0 heterocycles. The van der Waals surface area contributed by atoms with Crippen LogP contribution < -0.4 is 10.1 Å². The molecule has 0 saturated heterocycles. The molecule has 1 aromatic carbocycles. The Balaban J connectivity index is 2.43. The molecule has 1 N–H and O–H groups in total. The molecule has 0 aliphatic carbocycles. The van der Waals surface area contributed by atoms with Crippen LogP contribution in [-0.2, 0) is 4.79 Å². The van der Waals surface area contributed by atoms with E-state index in [9.17, 15) is 4.79 Å². The smallest absolute Gasteiger partial charge is 0.261 e. The third-order valence-corrected chi connectivity index (χ3v) is 1.99. The first-order valence-electron chi connectivity index (χ1n) is 5.23. The van der Waals surface area contributed by atoms with Crippen LogP contribution in [0.25, 0.3) is 0 Å². The molecule has 1 aromatic rings. The van der Waals surface area contributed by atoms with E-state index in [1.807, 2.05) is 37.3 Å². The van der Waals surface area contributed by atoms with Gasteiger partial charge in [0.25, 0.3) is 5.91 Å². The van der Waals surface area contributed by atoms with Gasteiger partial charge in [-0.05, 0) is 26.0 Å². The molecule has 0 radical (unpaired) electrons. The van der Waals surface area contributed by atoms with Crippen LogP contribution in [-0.4, -0.2) is 18.6 Å². The van der Waals surface area contributed by atoms with E-state index < -0.39 is 6.10 Å². The van der Waals surface area contributed by atoms with Gasteiger partial charge in [-0.25, -0.2) is 0 Å². The summed E-state index contributed by atoms with van der Waals surface area (Å²) in [6.07, 6.45) is -0.498. The highest BCUT2D eigenvalue weighted by Gasteiger charge is 2.13. The molecule has 0 bridgehead atoms. The Bertz CT molecular complexity index is 359. The van der Waals surface area contributed by atoms with Crippen molar-refractivity contribution in [3.05, 3.63) is 42.5 Å². The number of benzene rings is 1.